The summed E-state index contributed by atoms with van der Waals surface area (Å²) >= 11 is 0. The second kappa shape index (κ2) is 13.4. The number of hydrogen-bond donors (Lipinski definition) is 1. The van der Waals surface area contributed by atoms with Crippen molar-refractivity contribution in [3.63, 3.8) is 0 Å². The van der Waals surface area contributed by atoms with Crippen molar-refractivity contribution in [3.05, 3.63) is 23.8 Å². The van der Waals surface area contributed by atoms with E-state index in [-0.39, 0.29) is 29.5 Å². The van der Waals surface area contributed by atoms with E-state index in [1.165, 1.54) is 37.7 Å². The Bertz CT molecular complexity index is 719. The molecular weight excluding hydrogens is 519 g/mol. The summed E-state index contributed by atoms with van der Waals surface area (Å²) in [6.45, 7) is 5.59. The van der Waals surface area contributed by atoms with Gasteiger partial charge in [-0.25, -0.2) is 0 Å². The Hall–Kier alpha value is -1.26. The number of morpholine rings is 1. The smallest absolute Gasteiger partial charge is 0.193 e. The second-order valence-electron chi connectivity index (χ2n) is 8.65. The molecule has 0 aromatic heterocycles. The van der Waals surface area contributed by atoms with Crippen molar-refractivity contribution in [2.75, 3.05) is 67.7 Å². The molecule has 0 bridgehead atoms. The zero-order chi connectivity index (χ0) is 22.1. The van der Waals surface area contributed by atoms with E-state index in [1.54, 1.807) is 14.2 Å². The molecule has 0 unspecified atom stereocenters. The van der Waals surface area contributed by atoms with Gasteiger partial charge in [0.1, 0.15) is 0 Å². The van der Waals surface area contributed by atoms with Gasteiger partial charge in [-0.15, -0.1) is 24.0 Å². The summed E-state index contributed by atoms with van der Waals surface area (Å²) in [6.07, 6.45) is 7.40. The number of methoxy groups -OCH3 is 2. The second-order valence-corrected chi connectivity index (χ2v) is 8.65. The van der Waals surface area contributed by atoms with Crippen LogP contribution in [0.5, 0.6) is 11.5 Å². The quantitative estimate of drug-likeness (QED) is 0.299. The van der Waals surface area contributed by atoms with Crippen LogP contribution < -0.4 is 14.8 Å². The Morgan fingerprint density at radius 1 is 1.12 bits per heavy atom. The van der Waals surface area contributed by atoms with Crippen LogP contribution in [0.1, 0.15) is 37.7 Å². The summed E-state index contributed by atoms with van der Waals surface area (Å²) in [5.74, 6) is 2.49. The van der Waals surface area contributed by atoms with Crippen molar-refractivity contribution < 1.29 is 14.2 Å². The first-order valence-electron chi connectivity index (χ1n) is 11.6. The zero-order valence-corrected chi connectivity index (χ0v) is 22.5. The van der Waals surface area contributed by atoms with Gasteiger partial charge in [0.05, 0.1) is 27.4 Å². The number of benzene rings is 1. The molecule has 1 aromatic carbocycles. The monoisotopic (exact) mass is 560 g/mol. The fourth-order valence-electron chi connectivity index (χ4n) is 4.92. The van der Waals surface area contributed by atoms with Gasteiger partial charge in [0.15, 0.2) is 17.5 Å². The fourth-order valence-corrected chi connectivity index (χ4v) is 4.92. The average molecular weight is 561 g/mol. The molecule has 0 atom stereocenters. The topological polar surface area (TPSA) is 58.6 Å². The van der Waals surface area contributed by atoms with Gasteiger partial charge in [0.25, 0.3) is 0 Å². The van der Waals surface area contributed by atoms with Crippen molar-refractivity contribution in [1.82, 2.24) is 15.1 Å². The number of guanidine groups is 1. The maximum absolute atomic E-state index is 5.61. The predicted octanol–water partition coefficient (Wildman–Crippen LogP) is 3.41. The minimum Gasteiger partial charge on any atom is -0.493 e. The Balaban J connectivity index is 0.00000363. The molecule has 182 valence electrons. The number of likely N-dealkylation sites (N-methyl/N-ethyl adjacent to an activating group) is 1. The van der Waals surface area contributed by atoms with Crippen LogP contribution in [0.2, 0.25) is 0 Å². The summed E-state index contributed by atoms with van der Waals surface area (Å²) in [6, 6.07) is 6.12. The highest BCUT2D eigenvalue weighted by Crippen LogP contribution is 2.34. The Morgan fingerprint density at radius 2 is 1.81 bits per heavy atom. The lowest BCUT2D eigenvalue weighted by Crippen LogP contribution is -2.60. The molecule has 2 fully saturated rings. The van der Waals surface area contributed by atoms with Gasteiger partial charge in [0, 0.05) is 45.8 Å². The maximum atomic E-state index is 5.61. The highest BCUT2D eigenvalue weighted by Gasteiger charge is 2.38. The van der Waals surface area contributed by atoms with Crippen molar-refractivity contribution >= 4 is 29.9 Å². The van der Waals surface area contributed by atoms with E-state index in [0.29, 0.717) is 0 Å². The minimum absolute atomic E-state index is 0. The van der Waals surface area contributed by atoms with Crippen LogP contribution in [0, 0.1) is 0 Å². The van der Waals surface area contributed by atoms with Gasteiger partial charge in [0.2, 0.25) is 0 Å². The minimum atomic E-state index is 0. The van der Waals surface area contributed by atoms with Gasteiger partial charge >= 0.3 is 0 Å². The van der Waals surface area contributed by atoms with Gasteiger partial charge in [-0.2, -0.15) is 0 Å². The molecule has 1 aliphatic carbocycles. The van der Waals surface area contributed by atoms with Gasteiger partial charge < -0.3 is 24.4 Å². The molecule has 1 heterocycles. The van der Waals surface area contributed by atoms with E-state index in [2.05, 4.69) is 39.3 Å². The molecule has 0 spiro atoms. The summed E-state index contributed by atoms with van der Waals surface area (Å²) in [5, 5.41) is 3.70. The van der Waals surface area contributed by atoms with Crippen LogP contribution in [0.15, 0.2) is 23.2 Å². The molecule has 7 nitrogen and oxygen atoms in total. The zero-order valence-electron chi connectivity index (χ0n) is 20.2. The van der Waals surface area contributed by atoms with E-state index in [4.69, 9.17) is 14.2 Å². The predicted molar refractivity (Wildman–Crippen MR) is 141 cm³/mol. The molecular formula is C24H41IN4O3. The van der Waals surface area contributed by atoms with Crippen LogP contribution >= 0.6 is 24.0 Å². The Kier molecular flexibility index (Phi) is 11.3. The third-order valence-electron chi connectivity index (χ3n) is 6.80. The molecule has 0 radical (unpaired) electrons. The molecule has 2 aliphatic rings. The summed E-state index contributed by atoms with van der Waals surface area (Å²) in [5.41, 5.74) is 1.44. The third kappa shape index (κ3) is 6.87. The first-order valence-corrected chi connectivity index (χ1v) is 11.6. The summed E-state index contributed by atoms with van der Waals surface area (Å²) in [4.78, 5) is 9.45. The number of hydrogen-bond acceptors (Lipinski definition) is 5. The molecule has 32 heavy (non-hydrogen) atoms. The van der Waals surface area contributed by atoms with E-state index in [0.717, 1.165) is 63.3 Å². The van der Waals surface area contributed by atoms with E-state index < -0.39 is 0 Å². The maximum Gasteiger partial charge on any atom is 0.193 e. The lowest BCUT2D eigenvalue weighted by atomic mass is 9.80. The number of rotatable bonds is 8. The average Bonchev–Trinajstić information content (AvgIpc) is 2.84. The van der Waals surface area contributed by atoms with Crippen LogP contribution in [-0.4, -0.2) is 89.0 Å². The highest BCUT2D eigenvalue weighted by atomic mass is 127. The molecule has 1 aromatic rings. The van der Waals surface area contributed by atoms with Crippen LogP contribution in [0.3, 0.4) is 0 Å². The molecule has 0 amide bonds. The summed E-state index contributed by atoms with van der Waals surface area (Å²) in [7, 11) is 7.32. The SMILES string of the molecule is CN=C(NCC1(N2CCOCC2)CCCCC1)N(C)CCc1ccc(OC)c(OC)c1.I. The van der Waals surface area contributed by atoms with Crippen molar-refractivity contribution in [2.45, 2.75) is 44.1 Å². The standard InChI is InChI=1S/C24H40N4O3.HI/c1-25-23(27(2)13-10-20-8-9-21(29-3)22(18-20)30-4)26-19-24(11-6-5-7-12-24)28-14-16-31-17-15-28;/h8-9,18H,5-7,10-17,19H2,1-4H3,(H,25,26);1H. The van der Waals surface area contributed by atoms with Crippen molar-refractivity contribution in [2.24, 2.45) is 4.99 Å². The number of nitrogens with zero attached hydrogens (tertiary/aromatic N) is 3. The molecule has 1 N–H and O–H groups in total. The lowest BCUT2D eigenvalue weighted by molar-refractivity contribution is -0.0354. The van der Waals surface area contributed by atoms with Gasteiger partial charge in [-0.05, 0) is 37.0 Å². The largest absolute Gasteiger partial charge is 0.493 e. The normalized spacial score (nSPS) is 19.1. The van der Waals surface area contributed by atoms with Crippen molar-refractivity contribution in [3.8, 4) is 11.5 Å². The number of aliphatic imine (C=N–C) groups is 1. The van der Waals surface area contributed by atoms with E-state index in [1.807, 2.05) is 13.1 Å². The van der Waals surface area contributed by atoms with Crippen molar-refractivity contribution in [1.29, 1.82) is 0 Å². The lowest BCUT2D eigenvalue weighted by Gasteiger charge is -2.48. The fraction of sp³-hybridized carbons (Fsp3) is 0.708. The number of nitrogens with one attached hydrogen (secondary N) is 1. The molecule has 1 saturated heterocycles. The van der Waals surface area contributed by atoms with E-state index >= 15 is 0 Å². The Labute approximate surface area is 210 Å². The molecule has 1 aliphatic heterocycles. The first-order chi connectivity index (χ1) is 15.1. The Morgan fingerprint density at radius 3 is 2.44 bits per heavy atom. The van der Waals surface area contributed by atoms with E-state index in [9.17, 15) is 0 Å². The molecule has 8 heteroatoms. The molecule has 1 saturated carbocycles. The summed E-state index contributed by atoms with van der Waals surface area (Å²) < 4.78 is 16.4. The number of ether oxygens (including phenoxy) is 3. The highest BCUT2D eigenvalue weighted by molar-refractivity contribution is 14.0. The molecule has 3 rings (SSSR count). The van der Waals surface area contributed by atoms with Crippen LogP contribution in [0.4, 0.5) is 0 Å². The number of halogens is 1. The van der Waals surface area contributed by atoms with Crippen LogP contribution in [0.25, 0.3) is 0 Å². The van der Waals surface area contributed by atoms with Gasteiger partial charge in [-0.3, -0.25) is 9.89 Å². The third-order valence-corrected chi connectivity index (χ3v) is 6.80. The first kappa shape index (κ1) is 27.0. The van der Waals surface area contributed by atoms with Gasteiger partial charge in [-0.1, -0.05) is 25.3 Å². The van der Waals surface area contributed by atoms with Crippen LogP contribution in [-0.2, 0) is 11.2 Å².